The molecule has 0 bridgehead atoms. The fraction of sp³-hybridized carbons (Fsp3) is 0.368. The minimum atomic E-state index is -0.296. The number of hydrogen-bond donors (Lipinski definition) is 2. The molecule has 0 aliphatic carbocycles. The number of nitrogens with one attached hydrogen (secondary N) is 2. The van der Waals surface area contributed by atoms with Crippen molar-refractivity contribution in [3.05, 3.63) is 47.3 Å². The lowest BCUT2D eigenvalue weighted by molar-refractivity contribution is 0.196. The Kier molecular flexibility index (Phi) is 4.93. The minimum Gasteiger partial charge on any atom is -0.342 e. The van der Waals surface area contributed by atoms with Crippen molar-refractivity contribution in [1.82, 2.24) is 30.0 Å². The summed E-state index contributed by atoms with van der Waals surface area (Å²) in [7, 11) is 0. The zero-order chi connectivity index (χ0) is 19.5. The first-order valence-corrected chi connectivity index (χ1v) is 9.26. The van der Waals surface area contributed by atoms with Crippen molar-refractivity contribution >= 4 is 17.1 Å². The summed E-state index contributed by atoms with van der Waals surface area (Å²) in [5.74, 6) is 0.480. The van der Waals surface area contributed by atoms with Gasteiger partial charge in [0.05, 0.1) is 23.3 Å². The summed E-state index contributed by atoms with van der Waals surface area (Å²) < 4.78 is 15.0. The molecular formula is C19H20FN7O. The van der Waals surface area contributed by atoms with Crippen molar-refractivity contribution in [2.45, 2.75) is 32.4 Å². The highest BCUT2D eigenvalue weighted by atomic mass is 19.1. The third-order valence-electron chi connectivity index (χ3n) is 4.78. The third-order valence-corrected chi connectivity index (χ3v) is 4.78. The smallest absolute Gasteiger partial charge is 0.317 e. The summed E-state index contributed by atoms with van der Waals surface area (Å²) in [4.78, 5) is 21.8. The number of aryl methyl sites for hydroxylation is 2. The Balaban J connectivity index is 1.28. The topological polar surface area (TPSA) is 103 Å². The predicted octanol–water partition coefficient (Wildman–Crippen LogP) is 2.32. The molecule has 0 saturated carbocycles. The Morgan fingerprint density at radius 3 is 3.11 bits per heavy atom. The second-order valence-electron chi connectivity index (χ2n) is 6.81. The van der Waals surface area contributed by atoms with Gasteiger partial charge in [-0.2, -0.15) is 10.4 Å². The van der Waals surface area contributed by atoms with Crippen molar-refractivity contribution in [1.29, 1.82) is 5.26 Å². The van der Waals surface area contributed by atoms with Gasteiger partial charge in [0, 0.05) is 26.1 Å². The molecule has 2 aromatic heterocycles. The van der Waals surface area contributed by atoms with Gasteiger partial charge < -0.3 is 15.2 Å². The molecule has 0 fully saturated rings. The van der Waals surface area contributed by atoms with Gasteiger partial charge in [-0.3, -0.25) is 4.68 Å². The van der Waals surface area contributed by atoms with Crippen LogP contribution in [0.25, 0.3) is 11.0 Å². The number of benzene rings is 1. The second kappa shape index (κ2) is 7.68. The molecule has 0 radical (unpaired) electrons. The minimum absolute atomic E-state index is 0.125. The quantitative estimate of drug-likeness (QED) is 0.677. The molecule has 0 saturated heterocycles. The highest BCUT2D eigenvalue weighted by molar-refractivity contribution is 5.75. The average Bonchev–Trinajstić information content (AvgIpc) is 3.21. The van der Waals surface area contributed by atoms with Gasteiger partial charge in [0.25, 0.3) is 0 Å². The van der Waals surface area contributed by atoms with E-state index < -0.39 is 0 Å². The molecule has 4 rings (SSSR count). The fourth-order valence-corrected chi connectivity index (χ4v) is 3.41. The average molecular weight is 381 g/mol. The van der Waals surface area contributed by atoms with Crippen LogP contribution in [-0.4, -0.2) is 43.8 Å². The lowest BCUT2D eigenvalue weighted by atomic mass is 10.3. The zero-order valence-corrected chi connectivity index (χ0v) is 15.3. The number of fused-ring (bicyclic) bond motifs is 2. The number of rotatable bonds is 4. The lowest BCUT2D eigenvalue weighted by Gasteiger charge is -2.20. The van der Waals surface area contributed by atoms with E-state index in [2.05, 4.69) is 20.4 Å². The highest BCUT2D eigenvalue weighted by Gasteiger charge is 2.20. The van der Waals surface area contributed by atoms with Crippen LogP contribution in [0.15, 0.2) is 24.3 Å². The SMILES string of the molecule is N#Cc1cc2n(n1)CCCN(C(=O)NCCCc1nc3ccc(F)cc3[nH]1)C2. The molecule has 0 atom stereocenters. The summed E-state index contributed by atoms with van der Waals surface area (Å²) in [6, 6.07) is 8.11. The number of aromatic amines is 1. The zero-order valence-electron chi connectivity index (χ0n) is 15.3. The number of carbonyl (C=O) groups excluding carboxylic acids is 1. The van der Waals surface area contributed by atoms with Gasteiger partial charge in [0.1, 0.15) is 17.7 Å². The number of hydrogen-bond acceptors (Lipinski definition) is 4. The Hall–Kier alpha value is -3.41. The van der Waals surface area contributed by atoms with Gasteiger partial charge in [-0.05, 0) is 37.1 Å². The molecular weight excluding hydrogens is 361 g/mol. The molecule has 144 valence electrons. The maximum atomic E-state index is 13.2. The van der Waals surface area contributed by atoms with Gasteiger partial charge in [0.2, 0.25) is 0 Å². The Morgan fingerprint density at radius 1 is 1.36 bits per heavy atom. The molecule has 3 aromatic rings. The predicted molar refractivity (Wildman–Crippen MR) is 99.7 cm³/mol. The molecule has 8 nitrogen and oxygen atoms in total. The van der Waals surface area contributed by atoms with E-state index in [1.54, 1.807) is 21.7 Å². The number of nitrogens with zero attached hydrogens (tertiary/aromatic N) is 5. The summed E-state index contributed by atoms with van der Waals surface area (Å²) >= 11 is 0. The monoisotopic (exact) mass is 381 g/mol. The van der Waals surface area contributed by atoms with Crippen molar-refractivity contribution in [2.75, 3.05) is 13.1 Å². The van der Waals surface area contributed by atoms with E-state index in [4.69, 9.17) is 5.26 Å². The van der Waals surface area contributed by atoms with E-state index in [-0.39, 0.29) is 11.8 Å². The van der Waals surface area contributed by atoms with Crippen LogP contribution in [0, 0.1) is 17.1 Å². The second-order valence-corrected chi connectivity index (χ2v) is 6.81. The summed E-state index contributed by atoms with van der Waals surface area (Å²) in [6.45, 7) is 2.30. The van der Waals surface area contributed by atoms with Crippen molar-refractivity contribution in [3.63, 3.8) is 0 Å². The number of halogens is 1. The van der Waals surface area contributed by atoms with E-state index in [0.29, 0.717) is 43.8 Å². The molecule has 3 heterocycles. The van der Waals surface area contributed by atoms with Crippen LogP contribution < -0.4 is 5.32 Å². The summed E-state index contributed by atoms with van der Waals surface area (Å²) in [5.41, 5.74) is 2.66. The number of aromatic nitrogens is 4. The van der Waals surface area contributed by atoms with Crippen LogP contribution in [0.2, 0.25) is 0 Å². The van der Waals surface area contributed by atoms with E-state index in [1.165, 1.54) is 12.1 Å². The first-order valence-electron chi connectivity index (χ1n) is 9.26. The number of H-pyrrole nitrogens is 1. The standard InChI is InChI=1S/C19H20FN7O/c20-13-4-5-16-17(9-13)24-18(23-16)3-1-6-22-19(28)26-7-2-8-27-15(12-26)10-14(11-21)25-27/h4-5,9-10H,1-3,6-8,12H2,(H,22,28)(H,23,24). The van der Waals surface area contributed by atoms with Crippen molar-refractivity contribution < 1.29 is 9.18 Å². The third kappa shape index (κ3) is 3.81. The van der Waals surface area contributed by atoms with Gasteiger partial charge in [-0.25, -0.2) is 14.2 Å². The number of urea groups is 1. The van der Waals surface area contributed by atoms with Crippen LogP contribution in [0.5, 0.6) is 0 Å². The van der Waals surface area contributed by atoms with E-state index in [0.717, 1.165) is 29.9 Å². The fourth-order valence-electron chi connectivity index (χ4n) is 3.41. The van der Waals surface area contributed by atoms with E-state index in [9.17, 15) is 9.18 Å². The Morgan fingerprint density at radius 2 is 2.25 bits per heavy atom. The molecule has 0 unspecified atom stereocenters. The lowest BCUT2D eigenvalue weighted by Crippen LogP contribution is -2.40. The maximum Gasteiger partial charge on any atom is 0.317 e. The number of imidazole rings is 1. The number of carbonyl (C=O) groups is 1. The molecule has 1 aliphatic rings. The highest BCUT2D eigenvalue weighted by Crippen LogP contribution is 2.15. The van der Waals surface area contributed by atoms with Gasteiger partial charge in [-0.15, -0.1) is 0 Å². The Bertz CT molecular complexity index is 1050. The van der Waals surface area contributed by atoms with Crippen LogP contribution >= 0.6 is 0 Å². The molecule has 2 amide bonds. The van der Waals surface area contributed by atoms with Crippen LogP contribution in [0.3, 0.4) is 0 Å². The van der Waals surface area contributed by atoms with Gasteiger partial charge in [-0.1, -0.05) is 0 Å². The van der Waals surface area contributed by atoms with Gasteiger partial charge >= 0.3 is 6.03 Å². The molecule has 1 aliphatic heterocycles. The van der Waals surface area contributed by atoms with Crippen LogP contribution in [0.4, 0.5) is 9.18 Å². The van der Waals surface area contributed by atoms with Crippen LogP contribution in [0.1, 0.15) is 30.1 Å². The molecule has 1 aromatic carbocycles. The van der Waals surface area contributed by atoms with E-state index >= 15 is 0 Å². The normalized spacial score (nSPS) is 13.8. The summed E-state index contributed by atoms with van der Waals surface area (Å²) in [5, 5.41) is 16.1. The van der Waals surface area contributed by atoms with Gasteiger partial charge in [0.15, 0.2) is 5.69 Å². The largest absolute Gasteiger partial charge is 0.342 e. The molecule has 0 spiro atoms. The first-order chi connectivity index (χ1) is 13.6. The van der Waals surface area contributed by atoms with Crippen LogP contribution in [-0.2, 0) is 19.5 Å². The van der Waals surface area contributed by atoms with E-state index in [1.807, 2.05) is 6.07 Å². The number of amides is 2. The van der Waals surface area contributed by atoms with Crippen molar-refractivity contribution in [2.24, 2.45) is 0 Å². The van der Waals surface area contributed by atoms with Crippen molar-refractivity contribution in [3.8, 4) is 6.07 Å². The molecule has 9 heteroatoms. The molecule has 2 N–H and O–H groups in total. The maximum absolute atomic E-state index is 13.2. The number of nitriles is 1. The first kappa shape index (κ1) is 18.0. The summed E-state index contributed by atoms with van der Waals surface area (Å²) in [6.07, 6.45) is 2.18. The Labute approximate surface area is 161 Å². The molecule has 28 heavy (non-hydrogen) atoms.